The van der Waals surface area contributed by atoms with Crippen LogP contribution in [0.4, 0.5) is 0 Å². The van der Waals surface area contributed by atoms with Gasteiger partial charge < -0.3 is 25.2 Å². The molecule has 0 aliphatic heterocycles. The summed E-state index contributed by atoms with van der Waals surface area (Å²) in [6.07, 6.45) is -0.993. The van der Waals surface area contributed by atoms with E-state index >= 15 is 0 Å². The molecule has 0 radical (unpaired) electrons. The maximum atomic E-state index is 9.74. The summed E-state index contributed by atoms with van der Waals surface area (Å²) >= 11 is 0. The van der Waals surface area contributed by atoms with Gasteiger partial charge in [0.15, 0.2) is 6.10 Å². The third-order valence-corrected chi connectivity index (χ3v) is 1.48. The number of aliphatic hydroxyl groups excluding tert-OH is 2. The number of aliphatic hydroxyl groups is 2. The van der Waals surface area contributed by atoms with Gasteiger partial charge in [-0.2, -0.15) is 0 Å². The first kappa shape index (κ1) is 14.1. The van der Waals surface area contributed by atoms with E-state index in [1.54, 1.807) is 0 Å². The quantitative estimate of drug-likeness (QED) is 0.428. The lowest BCUT2D eigenvalue weighted by molar-refractivity contribution is -0.385. The average molecular weight is 232 g/mol. The molecule has 2 atom stereocenters. The highest BCUT2D eigenvalue weighted by Gasteiger charge is 2.23. The van der Waals surface area contributed by atoms with Crippen molar-refractivity contribution >= 4 is 11.9 Å². The Morgan fingerprint density at radius 2 is 2.00 bits per heavy atom. The van der Waals surface area contributed by atoms with E-state index in [1.807, 2.05) is 19.3 Å². The summed E-state index contributed by atoms with van der Waals surface area (Å²) in [5.41, 5.74) is 0. The molecule has 1 aromatic heterocycles. The van der Waals surface area contributed by atoms with Crippen LogP contribution < -0.4 is 10.1 Å². The first-order chi connectivity index (χ1) is 7.36. The van der Waals surface area contributed by atoms with Gasteiger partial charge in [0.1, 0.15) is 18.5 Å². The molecule has 1 aromatic rings. The second-order valence-corrected chi connectivity index (χ2v) is 2.79. The van der Waals surface area contributed by atoms with Gasteiger partial charge in [-0.15, -0.1) is 0 Å². The molecule has 0 fully saturated rings. The molecular formula is C8H12N2O6. The van der Waals surface area contributed by atoms with Crippen LogP contribution in [0.1, 0.15) is 5.82 Å². The molecular weight excluding hydrogens is 220 g/mol. The number of aliphatic carboxylic acids is 2. The van der Waals surface area contributed by atoms with E-state index in [1.165, 1.54) is 0 Å². The van der Waals surface area contributed by atoms with E-state index in [2.05, 4.69) is 9.97 Å². The van der Waals surface area contributed by atoms with Gasteiger partial charge in [0.25, 0.3) is 0 Å². The van der Waals surface area contributed by atoms with Gasteiger partial charge in [-0.1, -0.05) is 0 Å². The van der Waals surface area contributed by atoms with Gasteiger partial charge in [0, 0.05) is 6.92 Å². The zero-order valence-corrected chi connectivity index (χ0v) is 8.38. The van der Waals surface area contributed by atoms with Crippen molar-refractivity contribution in [2.45, 2.75) is 19.1 Å². The van der Waals surface area contributed by atoms with Gasteiger partial charge in [-0.05, 0) is 0 Å². The molecule has 0 aliphatic carbocycles. The molecule has 1 rings (SSSR count). The normalized spacial score (nSPS) is 13.2. The number of hydrogen-bond acceptors (Lipinski definition) is 5. The van der Waals surface area contributed by atoms with Crippen LogP contribution in [0.3, 0.4) is 0 Å². The molecule has 0 bridgehead atoms. The summed E-state index contributed by atoms with van der Waals surface area (Å²) in [7, 11) is 0. The van der Waals surface area contributed by atoms with Crippen LogP contribution in [0.25, 0.3) is 0 Å². The van der Waals surface area contributed by atoms with Crippen molar-refractivity contribution in [2.75, 3.05) is 0 Å². The third-order valence-electron chi connectivity index (χ3n) is 1.48. The second-order valence-electron chi connectivity index (χ2n) is 2.79. The number of hydrogen-bond donors (Lipinski definition) is 4. The number of rotatable bonds is 3. The van der Waals surface area contributed by atoms with Crippen molar-refractivity contribution in [2.24, 2.45) is 0 Å². The summed E-state index contributed by atoms with van der Waals surface area (Å²) in [6.45, 7) is 1.97. The van der Waals surface area contributed by atoms with Crippen LogP contribution in [0, 0.1) is 6.92 Å². The average Bonchev–Trinajstić information content (AvgIpc) is 2.67. The van der Waals surface area contributed by atoms with Crippen LogP contribution in [-0.2, 0) is 9.59 Å². The van der Waals surface area contributed by atoms with Crippen molar-refractivity contribution in [3.8, 4) is 0 Å². The molecule has 0 amide bonds. The van der Waals surface area contributed by atoms with E-state index < -0.39 is 24.1 Å². The molecule has 1 heterocycles. The lowest BCUT2D eigenvalue weighted by Gasteiger charge is -2.13. The Kier molecular flexibility index (Phi) is 5.75. The van der Waals surface area contributed by atoms with Crippen molar-refractivity contribution in [3.05, 3.63) is 18.2 Å². The fourth-order valence-corrected chi connectivity index (χ4v) is 0.639. The highest BCUT2D eigenvalue weighted by Crippen LogP contribution is 1.90. The number of carboxylic acids is 2. The fraction of sp³-hybridized carbons (Fsp3) is 0.375. The number of aryl methyl sites for hydroxylation is 1. The van der Waals surface area contributed by atoms with Crippen molar-refractivity contribution in [1.29, 1.82) is 0 Å². The fourth-order valence-electron chi connectivity index (χ4n) is 0.639. The molecule has 0 aromatic carbocycles. The number of carboxylic acid groups (broad SMARTS) is 2. The molecule has 0 aliphatic rings. The summed E-state index contributed by atoms with van der Waals surface area (Å²) in [6, 6.07) is 0. The number of carbonyl (C=O) groups is 2. The smallest absolute Gasteiger partial charge is 0.335 e. The van der Waals surface area contributed by atoms with E-state index in [-0.39, 0.29) is 0 Å². The van der Waals surface area contributed by atoms with Crippen LogP contribution in [0.15, 0.2) is 12.4 Å². The minimum absolute atomic E-state index is 1.09. The molecule has 0 saturated heterocycles. The Bertz CT molecular complexity index is 318. The van der Waals surface area contributed by atoms with Crippen molar-refractivity contribution < 1.29 is 35.0 Å². The zero-order valence-electron chi connectivity index (χ0n) is 8.38. The number of aromatic amines is 2. The van der Waals surface area contributed by atoms with E-state index in [0.717, 1.165) is 5.82 Å². The minimum atomic E-state index is -2.38. The number of nitrogens with one attached hydrogen (secondary N) is 2. The van der Waals surface area contributed by atoms with Crippen LogP contribution in [0.5, 0.6) is 0 Å². The number of aromatic nitrogens is 2. The Balaban J connectivity index is 0.000000315. The molecule has 8 heteroatoms. The summed E-state index contributed by atoms with van der Waals surface area (Å²) < 4.78 is 0. The predicted octanol–water partition coefficient (Wildman–Crippen LogP) is -3.32. The first-order valence-electron chi connectivity index (χ1n) is 4.17. The van der Waals surface area contributed by atoms with Gasteiger partial charge in [0.2, 0.25) is 5.82 Å². The predicted molar refractivity (Wildman–Crippen MR) is 46.7 cm³/mol. The molecule has 0 spiro atoms. The third kappa shape index (κ3) is 5.08. The molecule has 90 valence electrons. The monoisotopic (exact) mass is 232 g/mol. The van der Waals surface area contributed by atoms with Gasteiger partial charge in [0.05, 0.1) is 5.97 Å². The molecule has 16 heavy (non-hydrogen) atoms. The second kappa shape index (κ2) is 6.53. The molecule has 0 unspecified atom stereocenters. The van der Waals surface area contributed by atoms with Crippen LogP contribution in [-0.4, -0.2) is 44.5 Å². The van der Waals surface area contributed by atoms with Crippen molar-refractivity contribution in [1.82, 2.24) is 4.98 Å². The van der Waals surface area contributed by atoms with Crippen LogP contribution in [0.2, 0.25) is 0 Å². The summed E-state index contributed by atoms with van der Waals surface area (Å²) in [5.74, 6) is -2.73. The highest BCUT2D eigenvalue weighted by molar-refractivity contribution is 5.81. The maximum Gasteiger partial charge on any atom is 0.335 e. The van der Waals surface area contributed by atoms with E-state index in [9.17, 15) is 14.7 Å². The lowest BCUT2D eigenvalue weighted by atomic mass is 10.2. The Labute approximate surface area is 90.2 Å². The maximum absolute atomic E-state index is 9.74. The standard InChI is InChI=1S/C4H6N2.C4H6O6/c1-4-5-2-3-6-4;5-1(3(7)8)2(6)4(9)10/h2-3H,1H3,(H,5,6);1-2,5-6H,(H,7,8)(H,9,10)/t;1-,2-/m.0/s1. The molecule has 0 saturated carbocycles. The Morgan fingerprint density at radius 3 is 2.12 bits per heavy atom. The van der Waals surface area contributed by atoms with E-state index in [0.29, 0.717) is 0 Å². The van der Waals surface area contributed by atoms with Gasteiger partial charge >= 0.3 is 5.97 Å². The SMILES string of the molecule is Cc1[nH]cc[nH+]1.O=C([O-])[C@@H](O)[C@H](O)C(=O)O. The number of carbonyl (C=O) groups excluding carboxylic acids is 1. The van der Waals surface area contributed by atoms with E-state index in [4.69, 9.17) is 15.3 Å². The van der Waals surface area contributed by atoms with Gasteiger partial charge in [-0.3, -0.25) is 0 Å². The topological polar surface area (TPSA) is 148 Å². The van der Waals surface area contributed by atoms with Gasteiger partial charge in [-0.25, -0.2) is 14.8 Å². The number of H-pyrrole nitrogens is 2. The minimum Gasteiger partial charge on any atom is -0.547 e. The van der Waals surface area contributed by atoms with Crippen molar-refractivity contribution in [3.63, 3.8) is 0 Å². The Morgan fingerprint density at radius 1 is 1.44 bits per heavy atom. The zero-order chi connectivity index (χ0) is 12.7. The lowest BCUT2D eigenvalue weighted by Crippen LogP contribution is -2.46. The first-order valence-corrected chi connectivity index (χ1v) is 4.17. The largest absolute Gasteiger partial charge is 0.547 e. The highest BCUT2D eigenvalue weighted by atomic mass is 16.4. The molecule has 8 nitrogen and oxygen atoms in total. The Hall–Kier alpha value is -1.93. The molecule has 5 N–H and O–H groups in total. The summed E-state index contributed by atoms with van der Waals surface area (Å²) in [4.78, 5) is 25.3. The van der Waals surface area contributed by atoms with Crippen LogP contribution >= 0.6 is 0 Å². The summed E-state index contributed by atoms with van der Waals surface area (Å²) in [5, 5.41) is 34.1. The number of imidazole rings is 1.